The molecule has 2 aromatic rings. The van der Waals surface area contributed by atoms with E-state index in [1.54, 1.807) is 0 Å². The first-order valence-corrected chi connectivity index (χ1v) is 6.04. The number of hydroxylamine groups is 1. The predicted octanol–water partition coefficient (Wildman–Crippen LogP) is 3.00. The maximum absolute atomic E-state index is 13.9. The molecule has 0 saturated carbocycles. The van der Waals surface area contributed by atoms with E-state index in [4.69, 9.17) is 4.74 Å². The number of amides is 1. The Morgan fingerprint density at radius 2 is 1.95 bits per heavy atom. The van der Waals surface area contributed by atoms with Gasteiger partial charge in [-0.05, 0) is 18.2 Å². The Labute approximate surface area is 124 Å². The number of benzene rings is 1. The quantitative estimate of drug-likeness (QED) is 0.697. The van der Waals surface area contributed by atoms with Gasteiger partial charge >= 0.3 is 6.09 Å². The van der Waals surface area contributed by atoms with Crippen molar-refractivity contribution in [3.63, 3.8) is 0 Å². The van der Waals surface area contributed by atoms with Crippen LogP contribution in [0.1, 0.15) is 0 Å². The molecule has 0 radical (unpaired) electrons. The smallest absolute Gasteiger partial charge is 0.438 e. The summed E-state index contributed by atoms with van der Waals surface area (Å²) in [7, 11) is 2.41. The number of anilines is 1. The van der Waals surface area contributed by atoms with Gasteiger partial charge in [-0.2, -0.15) is 5.06 Å². The fourth-order valence-electron chi connectivity index (χ4n) is 1.81. The Balaban J connectivity index is 2.55. The first kappa shape index (κ1) is 15.6. The number of halogens is 2. The molecule has 1 aromatic carbocycles. The average Bonchev–Trinajstić information content (AvgIpc) is 2.53. The summed E-state index contributed by atoms with van der Waals surface area (Å²) in [5, 5.41) is 9.87. The van der Waals surface area contributed by atoms with E-state index in [2.05, 4.69) is 9.72 Å². The van der Waals surface area contributed by atoms with Crippen molar-refractivity contribution in [1.82, 2.24) is 4.98 Å². The lowest BCUT2D eigenvalue weighted by Crippen LogP contribution is -2.26. The zero-order chi connectivity index (χ0) is 16.3. The lowest BCUT2D eigenvalue weighted by atomic mass is 10.1. The highest BCUT2D eigenvalue weighted by molar-refractivity contribution is 5.86. The highest BCUT2D eigenvalue weighted by Crippen LogP contribution is 2.33. The lowest BCUT2D eigenvalue weighted by Gasteiger charge is -2.15. The number of methoxy groups -OCH3 is 2. The second-order valence-corrected chi connectivity index (χ2v) is 4.16. The Hall–Kier alpha value is -2.74. The van der Waals surface area contributed by atoms with Gasteiger partial charge in [0.1, 0.15) is 11.6 Å². The fraction of sp³-hybridized carbons (Fsp3) is 0.143. The van der Waals surface area contributed by atoms with Crippen LogP contribution in [0, 0.1) is 11.6 Å². The fourth-order valence-corrected chi connectivity index (χ4v) is 1.81. The Morgan fingerprint density at radius 1 is 1.23 bits per heavy atom. The molecule has 22 heavy (non-hydrogen) atoms. The number of nitrogens with zero attached hydrogens (tertiary/aromatic N) is 2. The average molecular weight is 310 g/mol. The number of aromatic nitrogens is 1. The summed E-state index contributed by atoms with van der Waals surface area (Å²) in [4.78, 5) is 15.2. The highest BCUT2D eigenvalue weighted by Gasteiger charge is 2.19. The first-order chi connectivity index (χ1) is 10.5. The molecule has 0 aliphatic carbocycles. The molecule has 0 unspecified atom stereocenters. The van der Waals surface area contributed by atoms with Gasteiger partial charge in [-0.1, -0.05) is 0 Å². The van der Waals surface area contributed by atoms with Crippen molar-refractivity contribution in [3.05, 3.63) is 42.1 Å². The largest absolute Gasteiger partial charge is 0.481 e. The van der Waals surface area contributed by atoms with Gasteiger partial charge in [-0.3, -0.25) is 5.21 Å². The van der Waals surface area contributed by atoms with Crippen LogP contribution >= 0.6 is 0 Å². The Bertz CT molecular complexity index is 709. The molecule has 6 nitrogen and oxygen atoms in total. The summed E-state index contributed by atoms with van der Waals surface area (Å²) in [6, 6.07) is 4.24. The van der Waals surface area contributed by atoms with Crippen LogP contribution in [-0.2, 0) is 4.74 Å². The molecule has 1 amide bonds. The van der Waals surface area contributed by atoms with Crippen LogP contribution in [0.25, 0.3) is 11.1 Å². The van der Waals surface area contributed by atoms with Crippen LogP contribution in [-0.4, -0.2) is 30.5 Å². The van der Waals surface area contributed by atoms with Gasteiger partial charge in [-0.25, -0.2) is 18.6 Å². The van der Waals surface area contributed by atoms with Crippen molar-refractivity contribution < 1.29 is 28.3 Å². The van der Waals surface area contributed by atoms with Gasteiger partial charge in [-0.15, -0.1) is 0 Å². The molecule has 0 aliphatic heterocycles. The van der Waals surface area contributed by atoms with Crippen molar-refractivity contribution in [2.24, 2.45) is 0 Å². The van der Waals surface area contributed by atoms with Gasteiger partial charge < -0.3 is 9.47 Å². The molecule has 0 spiro atoms. The van der Waals surface area contributed by atoms with Crippen LogP contribution in [0.15, 0.2) is 30.5 Å². The molecule has 116 valence electrons. The van der Waals surface area contributed by atoms with E-state index in [9.17, 15) is 18.8 Å². The molecule has 1 heterocycles. The van der Waals surface area contributed by atoms with Gasteiger partial charge in [0.15, 0.2) is 0 Å². The van der Waals surface area contributed by atoms with E-state index in [0.29, 0.717) is 6.07 Å². The van der Waals surface area contributed by atoms with Crippen molar-refractivity contribution >= 4 is 11.8 Å². The van der Waals surface area contributed by atoms with Crippen LogP contribution < -0.4 is 9.80 Å². The zero-order valence-electron chi connectivity index (χ0n) is 11.7. The molecule has 0 atom stereocenters. The molecule has 0 saturated heterocycles. The van der Waals surface area contributed by atoms with Crippen molar-refractivity contribution in [1.29, 1.82) is 0 Å². The zero-order valence-corrected chi connectivity index (χ0v) is 11.7. The lowest BCUT2D eigenvalue weighted by molar-refractivity contribution is 0.141. The minimum atomic E-state index is -1.04. The maximum Gasteiger partial charge on any atom is 0.438 e. The van der Waals surface area contributed by atoms with E-state index in [-0.39, 0.29) is 27.8 Å². The molecular weight excluding hydrogens is 298 g/mol. The minimum absolute atomic E-state index is 0.00543. The van der Waals surface area contributed by atoms with Crippen molar-refractivity contribution in [2.45, 2.75) is 0 Å². The number of hydrogen-bond donors (Lipinski definition) is 1. The SMILES string of the molecule is COC(=O)N(O)c1cnc(OC)c(-c2ccc(F)cc2F)c1. The molecule has 0 bridgehead atoms. The summed E-state index contributed by atoms with van der Waals surface area (Å²) in [5.74, 6) is -1.52. The molecule has 2 rings (SSSR count). The summed E-state index contributed by atoms with van der Waals surface area (Å²) in [5.41, 5.74) is 0.0812. The molecule has 1 aromatic heterocycles. The maximum atomic E-state index is 13.9. The van der Waals surface area contributed by atoms with E-state index in [1.165, 1.54) is 19.2 Å². The first-order valence-electron chi connectivity index (χ1n) is 6.04. The van der Waals surface area contributed by atoms with Gasteiger partial charge in [0, 0.05) is 17.2 Å². The van der Waals surface area contributed by atoms with Crippen LogP contribution in [0.2, 0.25) is 0 Å². The number of pyridine rings is 1. The van der Waals surface area contributed by atoms with Crippen LogP contribution in [0.5, 0.6) is 5.88 Å². The number of ether oxygens (including phenoxy) is 2. The van der Waals surface area contributed by atoms with Crippen molar-refractivity contribution in [3.8, 4) is 17.0 Å². The number of rotatable bonds is 3. The Kier molecular flexibility index (Phi) is 4.52. The topological polar surface area (TPSA) is 71.9 Å². The molecular formula is C14H12F2N2O4. The summed E-state index contributed by atoms with van der Waals surface area (Å²) in [6.45, 7) is 0. The molecule has 1 N–H and O–H groups in total. The standard InChI is InChI=1S/C14H12F2N2O4/c1-21-13-11(10-4-3-8(15)5-12(10)16)6-9(7-17-13)18(20)14(19)22-2/h3-7,20H,1-2H3. The van der Waals surface area contributed by atoms with Crippen LogP contribution in [0.3, 0.4) is 0 Å². The minimum Gasteiger partial charge on any atom is -0.481 e. The van der Waals surface area contributed by atoms with E-state index in [1.807, 2.05) is 0 Å². The monoisotopic (exact) mass is 310 g/mol. The van der Waals surface area contributed by atoms with Gasteiger partial charge in [0.05, 0.1) is 26.1 Å². The van der Waals surface area contributed by atoms with E-state index >= 15 is 0 Å². The summed E-state index contributed by atoms with van der Waals surface area (Å²) < 4.78 is 36.3. The number of hydrogen-bond acceptors (Lipinski definition) is 5. The third-order valence-corrected chi connectivity index (χ3v) is 2.84. The number of carbonyl (C=O) groups excluding carboxylic acids is 1. The molecule has 0 fully saturated rings. The Morgan fingerprint density at radius 3 is 2.55 bits per heavy atom. The predicted molar refractivity (Wildman–Crippen MR) is 72.8 cm³/mol. The summed E-state index contributed by atoms with van der Waals surface area (Å²) >= 11 is 0. The molecule has 8 heteroatoms. The normalized spacial score (nSPS) is 10.2. The second kappa shape index (κ2) is 6.35. The van der Waals surface area contributed by atoms with Crippen LogP contribution in [0.4, 0.5) is 19.3 Å². The van der Waals surface area contributed by atoms with E-state index in [0.717, 1.165) is 19.4 Å². The highest BCUT2D eigenvalue weighted by atomic mass is 19.1. The van der Waals surface area contributed by atoms with Crippen molar-refractivity contribution in [2.75, 3.05) is 19.3 Å². The number of carbonyl (C=O) groups is 1. The molecule has 0 aliphatic rings. The second-order valence-electron chi connectivity index (χ2n) is 4.16. The van der Waals surface area contributed by atoms with Gasteiger partial charge in [0.25, 0.3) is 0 Å². The summed E-state index contributed by atoms with van der Waals surface area (Å²) in [6.07, 6.45) is 0.0956. The third-order valence-electron chi connectivity index (χ3n) is 2.84. The van der Waals surface area contributed by atoms with Gasteiger partial charge in [0.2, 0.25) is 5.88 Å². The third kappa shape index (κ3) is 2.96. The van der Waals surface area contributed by atoms with E-state index < -0.39 is 17.7 Å².